The van der Waals surface area contributed by atoms with Gasteiger partial charge in [0.15, 0.2) is 0 Å². The summed E-state index contributed by atoms with van der Waals surface area (Å²) in [6.07, 6.45) is 5.11. The Kier molecular flexibility index (Phi) is 3.70. The number of nitrogens with zero attached hydrogens (tertiary/aromatic N) is 4. The molecule has 0 N–H and O–H groups in total. The molecule has 0 saturated carbocycles. The van der Waals surface area contributed by atoms with Crippen molar-refractivity contribution >= 4 is 5.91 Å². The number of ether oxygens (including phenoxy) is 1. The summed E-state index contributed by atoms with van der Waals surface area (Å²) >= 11 is 0. The number of hydrogen-bond acceptors (Lipinski definition) is 4. The summed E-state index contributed by atoms with van der Waals surface area (Å²) in [6, 6.07) is 3.48. The van der Waals surface area contributed by atoms with Crippen LogP contribution in [0.25, 0.3) is 0 Å². The lowest BCUT2D eigenvalue weighted by Crippen LogP contribution is -2.39. The molecule has 2 aromatic rings. The average Bonchev–Trinajstić information content (AvgIpc) is 2.89. The van der Waals surface area contributed by atoms with Crippen LogP contribution in [0.3, 0.4) is 0 Å². The third kappa shape index (κ3) is 2.54. The van der Waals surface area contributed by atoms with Crippen LogP contribution >= 0.6 is 0 Å². The zero-order chi connectivity index (χ0) is 14.8. The molecule has 1 atom stereocenters. The van der Waals surface area contributed by atoms with E-state index in [1.54, 1.807) is 31.6 Å². The van der Waals surface area contributed by atoms with Crippen molar-refractivity contribution in [2.75, 3.05) is 20.3 Å². The highest BCUT2D eigenvalue weighted by Crippen LogP contribution is 2.28. The fraction of sp³-hybridized carbons (Fsp3) is 0.400. The van der Waals surface area contributed by atoms with E-state index in [-0.39, 0.29) is 11.8 Å². The van der Waals surface area contributed by atoms with Gasteiger partial charge < -0.3 is 9.64 Å². The fourth-order valence-corrected chi connectivity index (χ4v) is 2.93. The van der Waals surface area contributed by atoms with Crippen LogP contribution in [0.5, 0.6) is 0 Å². The van der Waals surface area contributed by atoms with Gasteiger partial charge in [0.1, 0.15) is 0 Å². The number of pyridine rings is 1. The zero-order valence-electron chi connectivity index (χ0n) is 12.2. The molecular formula is C15H18N4O2. The molecule has 0 spiro atoms. The lowest BCUT2D eigenvalue weighted by molar-refractivity contribution is 0.0676. The van der Waals surface area contributed by atoms with E-state index >= 15 is 0 Å². The van der Waals surface area contributed by atoms with Crippen LogP contribution in [-0.4, -0.2) is 45.8 Å². The lowest BCUT2D eigenvalue weighted by Gasteiger charge is -2.33. The van der Waals surface area contributed by atoms with Gasteiger partial charge in [-0.25, -0.2) is 0 Å². The van der Waals surface area contributed by atoms with Crippen molar-refractivity contribution in [3.8, 4) is 0 Å². The number of fused-ring (bicyclic) bond motifs is 1. The number of carbonyl (C=O) groups excluding carboxylic acids is 1. The number of amides is 1. The molecule has 1 aliphatic heterocycles. The fourth-order valence-electron chi connectivity index (χ4n) is 2.93. The Labute approximate surface area is 123 Å². The summed E-state index contributed by atoms with van der Waals surface area (Å²) < 4.78 is 7.19. The Bertz CT molecular complexity index is 638. The molecule has 3 heterocycles. The minimum atomic E-state index is 0.0213. The average molecular weight is 286 g/mol. The van der Waals surface area contributed by atoms with Gasteiger partial charge in [0, 0.05) is 56.7 Å². The minimum absolute atomic E-state index is 0.0213. The van der Waals surface area contributed by atoms with Crippen molar-refractivity contribution in [3.05, 3.63) is 47.5 Å². The molecule has 1 unspecified atom stereocenters. The van der Waals surface area contributed by atoms with Gasteiger partial charge >= 0.3 is 0 Å². The van der Waals surface area contributed by atoms with Gasteiger partial charge in [-0.15, -0.1) is 0 Å². The first-order valence-corrected chi connectivity index (χ1v) is 6.89. The topological polar surface area (TPSA) is 60.2 Å². The van der Waals surface area contributed by atoms with Crippen molar-refractivity contribution in [1.29, 1.82) is 0 Å². The number of carbonyl (C=O) groups is 1. The van der Waals surface area contributed by atoms with Crippen LogP contribution in [0.4, 0.5) is 0 Å². The van der Waals surface area contributed by atoms with E-state index in [0.717, 1.165) is 11.3 Å². The summed E-state index contributed by atoms with van der Waals surface area (Å²) in [5.74, 6) is 0.171. The number of methoxy groups -OCH3 is 1. The second kappa shape index (κ2) is 5.65. The molecule has 1 amide bonds. The summed E-state index contributed by atoms with van der Waals surface area (Å²) in [5, 5.41) is 4.31. The lowest BCUT2D eigenvalue weighted by atomic mass is 9.96. The molecule has 110 valence electrons. The van der Waals surface area contributed by atoms with Gasteiger partial charge in [-0.1, -0.05) is 0 Å². The van der Waals surface area contributed by atoms with Crippen LogP contribution in [0.1, 0.15) is 27.5 Å². The molecule has 1 aliphatic rings. The SMILES string of the molecule is COCC1CN(C(=O)c2ccncc2)Cc2cnn(C)c21. The van der Waals surface area contributed by atoms with Crippen LogP contribution < -0.4 is 0 Å². The van der Waals surface area contributed by atoms with E-state index in [2.05, 4.69) is 10.1 Å². The normalized spacial score (nSPS) is 17.6. The first kappa shape index (κ1) is 13.8. The Morgan fingerprint density at radius 1 is 1.43 bits per heavy atom. The maximum absolute atomic E-state index is 12.6. The highest BCUT2D eigenvalue weighted by Gasteiger charge is 2.31. The molecule has 6 nitrogen and oxygen atoms in total. The van der Waals surface area contributed by atoms with Gasteiger partial charge in [-0.2, -0.15) is 5.10 Å². The summed E-state index contributed by atoms with van der Waals surface area (Å²) in [4.78, 5) is 18.4. The highest BCUT2D eigenvalue weighted by atomic mass is 16.5. The van der Waals surface area contributed by atoms with Gasteiger partial charge in [-0.3, -0.25) is 14.5 Å². The first-order valence-electron chi connectivity index (χ1n) is 6.89. The number of rotatable bonds is 3. The largest absolute Gasteiger partial charge is 0.384 e. The molecule has 0 aliphatic carbocycles. The van der Waals surface area contributed by atoms with Crippen molar-refractivity contribution in [3.63, 3.8) is 0 Å². The van der Waals surface area contributed by atoms with Crippen LogP contribution in [0.15, 0.2) is 30.7 Å². The minimum Gasteiger partial charge on any atom is -0.384 e. The maximum atomic E-state index is 12.6. The number of aromatic nitrogens is 3. The Balaban J connectivity index is 1.88. The quantitative estimate of drug-likeness (QED) is 0.850. The number of aryl methyl sites for hydroxylation is 1. The molecule has 0 aromatic carbocycles. The van der Waals surface area contributed by atoms with E-state index in [1.807, 2.05) is 22.8 Å². The summed E-state index contributed by atoms with van der Waals surface area (Å²) in [7, 11) is 3.61. The second-order valence-corrected chi connectivity index (χ2v) is 5.25. The molecule has 6 heteroatoms. The number of hydrogen-bond donors (Lipinski definition) is 0. The standard InChI is InChI=1S/C15H18N4O2/c1-18-14-12(7-17-18)8-19(9-13(14)10-21-2)15(20)11-3-5-16-6-4-11/h3-7,13H,8-10H2,1-2H3. The predicted molar refractivity (Wildman–Crippen MR) is 76.8 cm³/mol. The predicted octanol–water partition coefficient (Wildman–Crippen LogP) is 1.20. The van der Waals surface area contributed by atoms with Gasteiger partial charge in [0.25, 0.3) is 5.91 Å². The third-order valence-electron chi connectivity index (χ3n) is 3.84. The molecule has 3 rings (SSSR count). The maximum Gasteiger partial charge on any atom is 0.254 e. The van der Waals surface area contributed by atoms with E-state index in [0.29, 0.717) is 25.3 Å². The zero-order valence-corrected chi connectivity index (χ0v) is 12.2. The third-order valence-corrected chi connectivity index (χ3v) is 3.84. The van der Waals surface area contributed by atoms with Crippen molar-refractivity contribution in [1.82, 2.24) is 19.7 Å². The highest BCUT2D eigenvalue weighted by molar-refractivity contribution is 5.94. The van der Waals surface area contributed by atoms with Crippen LogP contribution in [0, 0.1) is 0 Å². The molecule has 2 aromatic heterocycles. The molecule has 0 radical (unpaired) electrons. The molecule has 0 bridgehead atoms. The van der Waals surface area contributed by atoms with E-state index < -0.39 is 0 Å². The molecule has 21 heavy (non-hydrogen) atoms. The van der Waals surface area contributed by atoms with E-state index in [4.69, 9.17) is 4.74 Å². The summed E-state index contributed by atoms with van der Waals surface area (Å²) in [6.45, 7) is 1.80. The smallest absolute Gasteiger partial charge is 0.254 e. The molecular weight excluding hydrogens is 268 g/mol. The second-order valence-electron chi connectivity index (χ2n) is 5.25. The Morgan fingerprint density at radius 2 is 2.19 bits per heavy atom. The van der Waals surface area contributed by atoms with Gasteiger partial charge in [0.05, 0.1) is 18.5 Å². The summed E-state index contributed by atoms with van der Waals surface area (Å²) in [5.41, 5.74) is 2.91. The van der Waals surface area contributed by atoms with Gasteiger partial charge in [0.2, 0.25) is 0 Å². The molecule has 0 fully saturated rings. The molecule has 0 saturated heterocycles. The van der Waals surface area contributed by atoms with E-state index in [1.165, 1.54) is 0 Å². The van der Waals surface area contributed by atoms with Crippen LogP contribution in [-0.2, 0) is 18.3 Å². The van der Waals surface area contributed by atoms with Crippen LogP contribution in [0.2, 0.25) is 0 Å². The van der Waals surface area contributed by atoms with Crippen molar-refractivity contribution in [2.24, 2.45) is 7.05 Å². The van der Waals surface area contributed by atoms with Crippen molar-refractivity contribution < 1.29 is 9.53 Å². The Hall–Kier alpha value is -2.21. The Morgan fingerprint density at radius 3 is 2.90 bits per heavy atom. The van der Waals surface area contributed by atoms with Crippen molar-refractivity contribution in [2.45, 2.75) is 12.5 Å². The first-order chi connectivity index (χ1) is 10.2. The van der Waals surface area contributed by atoms with E-state index in [9.17, 15) is 4.79 Å². The monoisotopic (exact) mass is 286 g/mol. The van der Waals surface area contributed by atoms with Gasteiger partial charge in [-0.05, 0) is 12.1 Å².